The predicted octanol–water partition coefficient (Wildman–Crippen LogP) is -1.08. The van der Waals surface area contributed by atoms with Crippen molar-refractivity contribution >= 4 is 17.5 Å². The topological polar surface area (TPSA) is 76.3 Å². The molecule has 0 unspecified atom stereocenters. The van der Waals surface area contributed by atoms with Crippen LogP contribution >= 0.6 is 0 Å². The molecule has 0 aliphatic carbocycles. The molecule has 0 aromatic heterocycles. The van der Waals surface area contributed by atoms with E-state index >= 15 is 0 Å². The average molecular weight is 431 g/mol. The second-order valence-electron chi connectivity index (χ2n) is 7.86. The maximum Gasteiger partial charge on any atom is 0.279 e. The molecule has 0 atom stereocenters. The van der Waals surface area contributed by atoms with Gasteiger partial charge in [0, 0.05) is 12.2 Å². The van der Waals surface area contributed by atoms with Gasteiger partial charge >= 0.3 is 0 Å². The van der Waals surface area contributed by atoms with Crippen molar-refractivity contribution in [3.8, 4) is 5.75 Å². The van der Waals surface area contributed by atoms with Gasteiger partial charge in [0.25, 0.3) is 11.8 Å². The minimum Gasteiger partial charge on any atom is -0.497 e. The largest absolute Gasteiger partial charge is 0.497 e. The number of methoxy groups -OCH3 is 1. The first-order chi connectivity index (χ1) is 15.0. The summed E-state index contributed by atoms with van der Waals surface area (Å²) in [5.41, 5.74) is 1.63. The molecule has 8 heteroatoms. The molecule has 3 rings (SSSR count). The molecule has 0 saturated carbocycles. The molecule has 4 N–H and O–H groups in total. The number of hydrogen-bond donors (Lipinski definition) is 4. The number of rotatable bonds is 9. The Morgan fingerprint density at radius 2 is 1.61 bits per heavy atom. The van der Waals surface area contributed by atoms with E-state index in [2.05, 4.69) is 10.6 Å². The molecule has 1 fully saturated rings. The van der Waals surface area contributed by atoms with Gasteiger partial charge in [0.05, 0.1) is 7.11 Å². The number of carbonyl (C=O) groups excluding carboxylic acids is 2. The quantitative estimate of drug-likeness (QED) is 0.409. The Morgan fingerprint density at radius 3 is 2.23 bits per heavy atom. The van der Waals surface area contributed by atoms with E-state index in [1.54, 1.807) is 19.2 Å². The predicted molar refractivity (Wildman–Crippen MR) is 116 cm³/mol. The van der Waals surface area contributed by atoms with Crippen molar-refractivity contribution in [2.24, 2.45) is 0 Å². The Kier molecular flexibility index (Phi) is 8.37. The molecule has 1 aliphatic rings. The zero-order chi connectivity index (χ0) is 22.1. The number of anilines is 1. The van der Waals surface area contributed by atoms with Crippen molar-refractivity contribution < 1.29 is 28.5 Å². The molecule has 1 aliphatic heterocycles. The fourth-order valence-corrected chi connectivity index (χ4v) is 3.74. The number of piperazine rings is 1. The van der Waals surface area contributed by atoms with Gasteiger partial charge in [-0.1, -0.05) is 18.2 Å². The van der Waals surface area contributed by atoms with E-state index in [-0.39, 0.29) is 17.6 Å². The summed E-state index contributed by atoms with van der Waals surface area (Å²) in [6.07, 6.45) is 0.781. The van der Waals surface area contributed by atoms with Gasteiger partial charge in [0.1, 0.15) is 37.7 Å². The summed E-state index contributed by atoms with van der Waals surface area (Å²) < 4.78 is 18.4. The van der Waals surface area contributed by atoms with Crippen LogP contribution in [0.5, 0.6) is 5.75 Å². The van der Waals surface area contributed by atoms with Gasteiger partial charge in [-0.15, -0.1) is 0 Å². The summed E-state index contributed by atoms with van der Waals surface area (Å²) in [7, 11) is 1.64. The van der Waals surface area contributed by atoms with E-state index in [0.717, 1.165) is 43.9 Å². The minimum absolute atomic E-state index is 0.0517. The van der Waals surface area contributed by atoms with Gasteiger partial charge in [-0.05, 0) is 42.3 Å². The number of benzene rings is 2. The molecule has 31 heavy (non-hydrogen) atoms. The van der Waals surface area contributed by atoms with E-state index in [0.29, 0.717) is 25.3 Å². The van der Waals surface area contributed by atoms with E-state index in [9.17, 15) is 14.0 Å². The van der Waals surface area contributed by atoms with Crippen LogP contribution in [-0.4, -0.2) is 64.7 Å². The van der Waals surface area contributed by atoms with E-state index < -0.39 is 0 Å². The van der Waals surface area contributed by atoms with Crippen LogP contribution in [0.1, 0.15) is 5.56 Å². The lowest BCUT2D eigenvalue weighted by Gasteiger charge is -2.29. The third-order valence-electron chi connectivity index (χ3n) is 5.49. The normalized spacial score (nSPS) is 18.3. The molecule has 2 aromatic rings. The molecule has 7 nitrogen and oxygen atoms in total. The van der Waals surface area contributed by atoms with Crippen LogP contribution in [0.15, 0.2) is 48.5 Å². The molecule has 0 bridgehead atoms. The van der Waals surface area contributed by atoms with Crippen LogP contribution in [0.2, 0.25) is 0 Å². The molecule has 166 valence electrons. The van der Waals surface area contributed by atoms with Crippen molar-refractivity contribution in [2.45, 2.75) is 6.42 Å². The van der Waals surface area contributed by atoms with Crippen molar-refractivity contribution in [3.05, 3.63) is 59.9 Å². The standard InChI is InChI=1S/C23H29FN4O3/c1-31-21-7-5-18(6-8-21)9-10-25-22(29)16-27-11-13-28(14-12-27)17-23(30)26-20-4-2-3-19(24)15-20/h2-8,15H,9-14,16-17H2,1H3,(H,25,29)(H,26,30)/p+2. The first kappa shape index (κ1) is 22.7. The molecule has 2 aromatic carbocycles. The Balaban J connectivity index is 1.31. The summed E-state index contributed by atoms with van der Waals surface area (Å²) in [6.45, 7) is 4.73. The Hall–Kier alpha value is -2.97. The van der Waals surface area contributed by atoms with Gasteiger partial charge in [0.2, 0.25) is 0 Å². The van der Waals surface area contributed by atoms with Crippen LogP contribution in [0.3, 0.4) is 0 Å². The summed E-state index contributed by atoms with van der Waals surface area (Å²) >= 11 is 0. The second kappa shape index (κ2) is 11.4. The zero-order valence-corrected chi connectivity index (χ0v) is 17.9. The van der Waals surface area contributed by atoms with Crippen LogP contribution in [0.4, 0.5) is 10.1 Å². The zero-order valence-electron chi connectivity index (χ0n) is 17.9. The van der Waals surface area contributed by atoms with E-state index in [1.165, 1.54) is 21.9 Å². The Labute approximate surface area is 182 Å². The first-order valence-corrected chi connectivity index (χ1v) is 10.6. The number of halogens is 1. The highest BCUT2D eigenvalue weighted by Crippen LogP contribution is 2.11. The lowest BCUT2D eigenvalue weighted by atomic mass is 10.1. The van der Waals surface area contributed by atoms with Crippen molar-refractivity contribution in [3.63, 3.8) is 0 Å². The fourth-order valence-electron chi connectivity index (χ4n) is 3.74. The van der Waals surface area contributed by atoms with Crippen molar-refractivity contribution in [2.75, 3.05) is 58.2 Å². The number of hydrogen-bond acceptors (Lipinski definition) is 3. The highest BCUT2D eigenvalue weighted by molar-refractivity contribution is 5.91. The monoisotopic (exact) mass is 430 g/mol. The minimum atomic E-state index is -0.371. The maximum atomic E-state index is 13.2. The Morgan fingerprint density at radius 1 is 0.968 bits per heavy atom. The highest BCUT2D eigenvalue weighted by Gasteiger charge is 2.26. The Bertz CT molecular complexity index is 867. The van der Waals surface area contributed by atoms with Gasteiger partial charge in [0.15, 0.2) is 13.1 Å². The van der Waals surface area contributed by atoms with E-state index in [1.807, 2.05) is 24.3 Å². The number of amides is 2. The molecule has 0 spiro atoms. The molecule has 1 heterocycles. The van der Waals surface area contributed by atoms with E-state index in [4.69, 9.17) is 4.74 Å². The lowest BCUT2D eigenvalue weighted by Crippen LogP contribution is -3.28. The number of ether oxygens (including phenoxy) is 1. The average Bonchev–Trinajstić information content (AvgIpc) is 2.75. The SMILES string of the molecule is COc1ccc(CCNC(=O)C[NH+]2CC[NH+](CC(=O)Nc3cccc(F)c3)CC2)cc1. The van der Waals surface area contributed by atoms with Crippen molar-refractivity contribution in [1.29, 1.82) is 0 Å². The van der Waals surface area contributed by atoms with Crippen molar-refractivity contribution in [1.82, 2.24) is 5.32 Å². The second-order valence-corrected chi connectivity index (χ2v) is 7.86. The molecule has 1 saturated heterocycles. The van der Waals surface area contributed by atoms with Gasteiger partial charge < -0.3 is 25.2 Å². The molecule has 0 radical (unpaired) electrons. The van der Waals surface area contributed by atoms with Crippen LogP contribution in [0, 0.1) is 5.82 Å². The number of carbonyl (C=O) groups is 2. The smallest absolute Gasteiger partial charge is 0.279 e. The number of nitrogens with one attached hydrogen (secondary N) is 4. The van der Waals surface area contributed by atoms with Gasteiger partial charge in [-0.25, -0.2) is 4.39 Å². The summed E-state index contributed by atoms with van der Waals surface area (Å²) in [5.74, 6) is 0.380. The lowest BCUT2D eigenvalue weighted by molar-refractivity contribution is -1.00. The fraction of sp³-hybridized carbons (Fsp3) is 0.391. The molecule has 2 amide bonds. The van der Waals surface area contributed by atoms with Crippen LogP contribution in [0.25, 0.3) is 0 Å². The van der Waals surface area contributed by atoms with Gasteiger partial charge in [-0.3, -0.25) is 9.59 Å². The summed E-state index contributed by atoms with van der Waals surface area (Å²) in [4.78, 5) is 26.8. The first-order valence-electron chi connectivity index (χ1n) is 10.6. The van der Waals surface area contributed by atoms with Crippen LogP contribution < -0.4 is 25.2 Å². The number of quaternary nitrogens is 2. The molecular formula is C23H31FN4O3+2. The maximum absolute atomic E-state index is 13.2. The molecular weight excluding hydrogens is 399 g/mol. The third kappa shape index (κ3) is 7.66. The summed E-state index contributed by atoms with van der Waals surface area (Å²) in [6, 6.07) is 13.7. The van der Waals surface area contributed by atoms with Crippen LogP contribution in [-0.2, 0) is 16.0 Å². The third-order valence-corrected chi connectivity index (χ3v) is 5.49. The summed E-state index contributed by atoms with van der Waals surface area (Å²) in [5, 5.41) is 5.73. The highest BCUT2D eigenvalue weighted by atomic mass is 19.1. The van der Waals surface area contributed by atoms with Gasteiger partial charge in [-0.2, -0.15) is 0 Å².